The summed E-state index contributed by atoms with van der Waals surface area (Å²) in [6.07, 6.45) is -8.73. The quantitative estimate of drug-likeness (QED) is 0.00939. The number of nitrogens with zero attached hydrogens (tertiary/aromatic N) is 1. The van der Waals surface area contributed by atoms with Gasteiger partial charge in [0.25, 0.3) is 5.91 Å². The molecule has 25 nitrogen and oxygen atoms in total. The summed E-state index contributed by atoms with van der Waals surface area (Å²) in [6.45, 7) is 10.6. The van der Waals surface area contributed by atoms with Crippen molar-refractivity contribution in [3.8, 4) is 11.5 Å². The molecule has 2 aliphatic heterocycles. The Morgan fingerprint density at radius 3 is 2.05 bits per heavy atom. The number of aliphatic hydroxyl groups is 3. The maximum absolute atomic E-state index is 15.7. The predicted molar refractivity (Wildman–Crippen MR) is 387 cm³/mol. The number of methoxy groups -OCH3 is 2. The summed E-state index contributed by atoms with van der Waals surface area (Å²) >= 11 is 0. The third-order valence-corrected chi connectivity index (χ3v) is 22.4. The standard InChI is InChI=1S/C82H97N3O22/c1-11-78(4,5)72(93)68(91)57-32-21-22-37-85(57)77(97)104-59(35-33-50-34-36-60(99-9)61(40-50)100-10)54-30-23-31-56(41-54)83-64(89)45-101-38-39-102-46-65(90)105-70(67(51-24-15-12-16-25-51)84-75(95)52-26-17-13-18-27-52)58(87)42-55-44-82(98)74(106-76(96)53-28-19-14-20-29-53)71-80(8,73(94)69(92)66(48(55)2)79(82,6)7)62(88)43-63-81(71,47-103-63)107-49(3)86/h12-20,23-31,34,36,40-41,55,57,59,62-63,67,69-71,74,88,92,98H,11,21-22,32-33,35,37-39,42-47H2,1-10H3,(H,83,89)(H,84,95)/t55-,57?,59-,62-,63+,67-,69+,70-,71-,74-,80+,81-,82+/m0/s1. The average Bonchev–Trinajstić information content (AvgIpc) is 0.669. The molecule has 10 rings (SSSR count). The van der Waals surface area contributed by atoms with Gasteiger partial charge in [-0.1, -0.05) is 125 Å². The number of hydrogen-bond acceptors (Lipinski definition) is 22. The van der Waals surface area contributed by atoms with E-state index in [4.69, 9.17) is 42.6 Å². The minimum Gasteiger partial charge on any atom is -0.493 e. The summed E-state index contributed by atoms with van der Waals surface area (Å²) in [6, 6.07) is 33.9. The zero-order chi connectivity index (χ0) is 77.3. The number of amides is 3. The number of rotatable bonds is 30. The number of allylic oxidation sites excluding steroid dienone is 1. The van der Waals surface area contributed by atoms with Crippen LogP contribution in [0.1, 0.15) is 156 Å². The highest BCUT2D eigenvalue weighted by Gasteiger charge is 2.78. The number of aryl methyl sites for hydroxylation is 1. The number of aliphatic hydroxyl groups excluding tert-OH is 2. The van der Waals surface area contributed by atoms with Gasteiger partial charge in [0.15, 0.2) is 34.8 Å². The van der Waals surface area contributed by atoms with Crippen molar-refractivity contribution < 1.29 is 106 Å². The Kier molecular flexibility index (Phi) is 25.2. The minimum absolute atomic E-state index is 0.0306. The molecule has 572 valence electrons. The van der Waals surface area contributed by atoms with E-state index in [2.05, 4.69) is 10.6 Å². The Hall–Kier alpha value is -9.50. The molecular weight excluding hydrogens is 1380 g/mol. The summed E-state index contributed by atoms with van der Waals surface area (Å²) in [5, 5.41) is 44.7. The molecule has 0 radical (unpaired) electrons. The van der Waals surface area contributed by atoms with E-state index in [9.17, 15) is 53.7 Å². The van der Waals surface area contributed by atoms with Crippen molar-refractivity contribution >= 4 is 64.6 Å². The lowest BCUT2D eigenvalue weighted by atomic mass is 9.44. The van der Waals surface area contributed by atoms with Crippen LogP contribution in [-0.4, -0.2) is 181 Å². The van der Waals surface area contributed by atoms with E-state index in [1.807, 2.05) is 19.1 Å². The number of carbonyl (C=O) groups is 10. The van der Waals surface area contributed by atoms with E-state index in [0.717, 1.165) is 12.5 Å². The van der Waals surface area contributed by atoms with Gasteiger partial charge in [0, 0.05) is 48.4 Å². The molecule has 5 aromatic rings. The Morgan fingerprint density at radius 1 is 0.766 bits per heavy atom. The minimum atomic E-state index is -2.39. The third kappa shape index (κ3) is 16.8. The molecule has 5 aromatic carbocycles. The van der Waals surface area contributed by atoms with Gasteiger partial charge in [-0.2, -0.15) is 0 Å². The van der Waals surface area contributed by atoms with Gasteiger partial charge < -0.3 is 68.6 Å². The first-order valence-electron chi connectivity index (χ1n) is 36.3. The second-order valence-electron chi connectivity index (χ2n) is 29.7. The van der Waals surface area contributed by atoms with Crippen LogP contribution in [0.5, 0.6) is 11.5 Å². The van der Waals surface area contributed by atoms with Crippen LogP contribution in [0.4, 0.5) is 10.5 Å². The van der Waals surface area contributed by atoms with E-state index in [0.29, 0.717) is 60.4 Å². The van der Waals surface area contributed by atoms with Crippen molar-refractivity contribution in [3.05, 3.63) is 172 Å². The van der Waals surface area contributed by atoms with Crippen molar-refractivity contribution in [2.75, 3.05) is 59.1 Å². The lowest BCUT2D eigenvalue weighted by molar-refractivity contribution is -0.345. The molecule has 0 aromatic heterocycles. The molecular formula is C82H97N3O22. The molecule has 2 saturated carbocycles. The summed E-state index contributed by atoms with van der Waals surface area (Å²) in [7, 11) is 3.05. The highest BCUT2D eigenvalue weighted by molar-refractivity contribution is 6.41. The second kappa shape index (κ2) is 33.7. The molecule has 2 bridgehead atoms. The topological polar surface area (TPSA) is 342 Å². The van der Waals surface area contributed by atoms with Gasteiger partial charge in [-0.15, -0.1) is 0 Å². The number of Topliss-reactive ketones (excluding diaryl/α,β-unsaturated/α-hetero) is 4. The van der Waals surface area contributed by atoms with Crippen LogP contribution >= 0.6 is 0 Å². The van der Waals surface area contributed by atoms with Gasteiger partial charge in [0.1, 0.15) is 49.3 Å². The van der Waals surface area contributed by atoms with Crippen molar-refractivity contribution in [1.29, 1.82) is 0 Å². The fourth-order valence-corrected chi connectivity index (χ4v) is 16.0. The summed E-state index contributed by atoms with van der Waals surface area (Å²) < 4.78 is 53.4. The van der Waals surface area contributed by atoms with Gasteiger partial charge in [-0.3, -0.25) is 38.5 Å². The number of benzene rings is 5. The highest BCUT2D eigenvalue weighted by Crippen LogP contribution is 2.65. The van der Waals surface area contributed by atoms with E-state index in [-0.39, 0.29) is 61.5 Å². The average molecular weight is 1480 g/mol. The molecule has 107 heavy (non-hydrogen) atoms. The summed E-state index contributed by atoms with van der Waals surface area (Å²) in [5.41, 5.74) is -6.39. The number of anilines is 1. The van der Waals surface area contributed by atoms with Crippen LogP contribution < -0.4 is 20.1 Å². The zero-order valence-electron chi connectivity index (χ0n) is 62.1. The number of esters is 3. The Labute approximate surface area is 622 Å². The molecule has 3 amide bonds. The summed E-state index contributed by atoms with van der Waals surface area (Å²) in [4.78, 5) is 144. The van der Waals surface area contributed by atoms with E-state index >= 15 is 9.59 Å². The molecule has 2 heterocycles. The van der Waals surface area contributed by atoms with Crippen molar-refractivity contribution in [2.45, 2.75) is 173 Å². The Bertz CT molecular complexity index is 4150. The SMILES string of the molecule is CCC(C)(C)C(=O)C(=O)C1CCCCN1C(=O)O[C@@H](CCc1ccc(OC)c(OC)c1)c1cccc(NC(=O)COCCOCC(=O)O[C@@H](C(=O)C[C@H]2C[C@@]3(O)[C@@H](OC(=O)c4ccccc4)[C@@H]4[C@]5(OC(C)=O)CO[C@@H]5C[C@H](O)[C@@]4(C)C(=O)[C@H](O)C(=C2C)C3(C)C)[C@@H](NC(=O)c2ccccc2)c2ccccc2)c1. The number of ketones is 4. The molecule has 4 fully saturated rings. The molecule has 2 saturated heterocycles. The fraction of sp³-hybridized carbons (Fsp3) is 0.488. The molecule has 25 heteroatoms. The highest BCUT2D eigenvalue weighted by atomic mass is 16.6. The van der Waals surface area contributed by atoms with Crippen LogP contribution in [0, 0.1) is 28.1 Å². The van der Waals surface area contributed by atoms with Gasteiger partial charge in [-0.05, 0) is 136 Å². The number of likely N-dealkylation sites (tertiary alicyclic amines) is 1. The predicted octanol–water partition coefficient (Wildman–Crippen LogP) is 9.31. The number of piperidine rings is 1. The summed E-state index contributed by atoms with van der Waals surface area (Å²) in [5.74, 6) is -8.69. The van der Waals surface area contributed by atoms with Gasteiger partial charge in [-0.25, -0.2) is 14.4 Å². The maximum Gasteiger partial charge on any atom is 0.411 e. The molecule has 5 N–H and O–H groups in total. The van der Waals surface area contributed by atoms with Crippen LogP contribution in [0.2, 0.25) is 0 Å². The van der Waals surface area contributed by atoms with Gasteiger partial charge in [0.2, 0.25) is 17.5 Å². The largest absolute Gasteiger partial charge is 0.493 e. The maximum atomic E-state index is 15.7. The number of fused-ring (bicyclic) bond motifs is 5. The van der Waals surface area contributed by atoms with E-state index in [1.165, 1.54) is 38.2 Å². The van der Waals surface area contributed by atoms with Crippen LogP contribution in [0.3, 0.4) is 0 Å². The van der Waals surface area contributed by atoms with Crippen LogP contribution in [-0.2, 0) is 73.1 Å². The van der Waals surface area contributed by atoms with Gasteiger partial charge in [0.05, 0.1) is 63.1 Å². The smallest absolute Gasteiger partial charge is 0.411 e. The number of ether oxygens (including phenoxy) is 9. The number of carbonyl (C=O) groups excluding carboxylic acids is 10. The van der Waals surface area contributed by atoms with Crippen molar-refractivity contribution in [1.82, 2.24) is 10.2 Å². The lowest BCUT2D eigenvalue weighted by Crippen LogP contribution is -2.81. The third-order valence-electron chi connectivity index (χ3n) is 22.4. The second-order valence-corrected chi connectivity index (χ2v) is 29.7. The normalized spacial score (nSPS) is 25.2. The van der Waals surface area contributed by atoms with Crippen molar-refractivity contribution in [3.63, 3.8) is 0 Å². The monoisotopic (exact) mass is 1480 g/mol. The van der Waals surface area contributed by atoms with Gasteiger partial charge >= 0.3 is 24.0 Å². The molecule has 0 spiro atoms. The van der Waals surface area contributed by atoms with Crippen molar-refractivity contribution in [2.24, 2.45) is 28.1 Å². The first-order chi connectivity index (χ1) is 50.9. The van der Waals surface area contributed by atoms with Crippen LogP contribution in [0.15, 0.2) is 145 Å². The fourth-order valence-electron chi connectivity index (χ4n) is 16.0. The van der Waals surface area contributed by atoms with E-state index < -0.39 is 173 Å². The Balaban J connectivity index is 0.860. The number of nitrogens with one attached hydrogen (secondary N) is 2. The zero-order valence-corrected chi connectivity index (χ0v) is 62.1. The van der Waals surface area contributed by atoms with Crippen LogP contribution in [0.25, 0.3) is 0 Å². The molecule has 5 aliphatic rings. The molecule has 3 aliphatic carbocycles. The number of hydrogen-bond donors (Lipinski definition) is 5. The Morgan fingerprint density at radius 2 is 1.41 bits per heavy atom. The lowest BCUT2D eigenvalue weighted by Gasteiger charge is -2.67. The van der Waals surface area contributed by atoms with E-state index in [1.54, 1.807) is 144 Å². The first-order valence-corrected chi connectivity index (χ1v) is 36.3. The first kappa shape index (κ1) is 80.0. The molecule has 1 unspecified atom stereocenters. The molecule has 13 atom stereocenters.